The smallest absolute Gasteiger partial charge is 0.0415 e. The molecule has 3 heteroatoms. The van der Waals surface area contributed by atoms with Gasteiger partial charge >= 0.3 is 0 Å². The topological polar surface area (TPSA) is 29.3 Å². The third-order valence-electron chi connectivity index (χ3n) is 4.55. The molecule has 0 amide bonds. The van der Waals surface area contributed by atoms with Crippen LogP contribution in [0.3, 0.4) is 0 Å². The third kappa shape index (κ3) is 2.19. The fraction of sp³-hybridized carbons (Fsp3) is 0.600. The van der Waals surface area contributed by atoms with E-state index in [1.165, 1.54) is 43.6 Å². The first-order valence-electron chi connectivity index (χ1n) is 6.95. The van der Waals surface area contributed by atoms with Crippen LogP contribution in [0, 0.1) is 11.8 Å². The van der Waals surface area contributed by atoms with E-state index in [1.54, 1.807) is 0 Å². The number of nitrogens with zero attached hydrogens (tertiary/aromatic N) is 1. The van der Waals surface area contributed by atoms with Gasteiger partial charge in [-0.2, -0.15) is 0 Å². The Morgan fingerprint density at radius 3 is 2.56 bits per heavy atom. The van der Waals surface area contributed by atoms with Crippen molar-refractivity contribution in [2.45, 2.75) is 32.2 Å². The lowest BCUT2D eigenvalue weighted by atomic mass is 10.0. The molecule has 1 aromatic rings. The Bertz CT molecular complexity index is 432. The molecule has 2 fully saturated rings. The molecule has 18 heavy (non-hydrogen) atoms. The van der Waals surface area contributed by atoms with Gasteiger partial charge in [0.1, 0.15) is 0 Å². The summed E-state index contributed by atoms with van der Waals surface area (Å²) in [6.45, 7) is 4.53. The second-order valence-corrected chi connectivity index (χ2v) is 6.76. The second kappa shape index (κ2) is 4.86. The first-order chi connectivity index (χ1) is 8.65. The maximum Gasteiger partial charge on any atom is 0.0415 e. The van der Waals surface area contributed by atoms with Crippen molar-refractivity contribution in [3.63, 3.8) is 0 Å². The molecule has 0 spiro atoms. The van der Waals surface area contributed by atoms with Crippen LogP contribution in [0.15, 0.2) is 22.7 Å². The van der Waals surface area contributed by atoms with Gasteiger partial charge in [-0.1, -0.05) is 22.4 Å². The summed E-state index contributed by atoms with van der Waals surface area (Å²) in [5.41, 5.74) is 8.74. The zero-order valence-electron chi connectivity index (χ0n) is 10.9. The van der Waals surface area contributed by atoms with Gasteiger partial charge in [0.2, 0.25) is 0 Å². The number of anilines is 1. The van der Waals surface area contributed by atoms with Crippen LogP contribution < -0.4 is 10.6 Å². The van der Waals surface area contributed by atoms with Crippen LogP contribution in [0.2, 0.25) is 0 Å². The molecule has 2 aliphatic rings. The van der Waals surface area contributed by atoms with E-state index in [4.69, 9.17) is 5.73 Å². The number of benzene rings is 1. The van der Waals surface area contributed by atoms with Gasteiger partial charge < -0.3 is 10.6 Å². The van der Waals surface area contributed by atoms with Crippen molar-refractivity contribution in [3.8, 4) is 0 Å². The highest BCUT2D eigenvalue weighted by atomic mass is 79.9. The Morgan fingerprint density at radius 1 is 1.28 bits per heavy atom. The molecule has 1 aromatic carbocycles. The van der Waals surface area contributed by atoms with E-state index < -0.39 is 0 Å². The van der Waals surface area contributed by atoms with Gasteiger partial charge in [-0.15, -0.1) is 0 Å². The SMILES string of the molecule is CC(N)c1cc(Br)ccc1N1CC2CCCC2C1. The van der Waals surface area contributed by atoms with E-state index in [0.717, 1.165) is 16.3 Å². The van der Waals surface area contributed by atoms with Crippen molar-refractivity contribution in [2.75, 3.05) is 18.0 Å². The first-order valence-corrected chi connectivity index (χ1v) is 7.74. The van der Waals surface area contributed by atoms with E-state index in [1.807, 2.05) is 0 Å². The molecule has 1 aliphatic heterocycles. The van der Waals surface area contributed by atoms with Crippen LogP contribution in [0.4, 0.5) is 5.69 Å². The molecule has 2 N–H and O–H groups in total. The van der Waals surface area contributed by atoms with E-state index in [0.29, 0.717) is 0 Å². The number of rotatable bonds is 2. The minimum absolute atomic E-state index is 0.0953. The van der Waals surface area contributed by atoms with E-state index in [9.17, 15) is 0 Å². The highest BCUT2D eigenvalue weighted by molar-refractivity contribution is 9.10. The molecular weight excluding hydrogens is 288 g/mol. The Labute approximate surface area is 118 Å². The zero-order chi connectivity index (χ0) is 12.7. The van der Waals surface area contributed by atoms with Crippen molar-refractivity contribution in [3.05, 3.63) is 28.2 Å². The zero-order valence-corrected chi connectivity index (χ0v) is 12.5. The van der Waals surface area contributed by atoms with Crippen LogP contribution in [-0.2, 0) is 0 Å². The van der Waals surface area contributed by atoms with E-state index in [-0.39, 0.29) is 6.04 Å². The number of fused-ring (bicyclic) bond motifs is 1. The average Bonchev–Trinajstić information content (AvgIpc) is 2.88. The molecule has 3 rings (SSSR count). The summed E-state index contributed by atoms with van der Waals surface area (Å²) in [7, 11) is 0. The molecule has 3 atom stereocenters. The average molecular weight is 309 g/mol. The minimum Gasteiger partial charge on any atom is -0.371 e. The van der Waals surface area contributed by atoms with Crippen LogP contribution in [0.25, 0.3) is 0 Å². The van der Waals surface area contributed by atoms with Gasteiger partial charge in [0.25, 0.3) is 0 Å². The van der Waals surface area contributed by atoms with Gasteiger partial charge in [0, 0.05) is 29.3 Å². The highest BCUT2D eigenvalue weighted by Gasteiger charge is 2.36. The fourth-order valence-corrected chi connectivity index (χ4v) is 3.99. The molecule has 1 aliphatic carbocycles. The van der Waals surface area contributed by atoms with Crippen molar-refractivity contribution < 1.29 is 0 Å². The summed E-state index contributed by atoms with van der Waals surface area (Å²) in [5.74, 6) is 1.85. The van der Waals surface area contributed by atoms with Crippen molar-refractivity contribution in [1.82, 2.24) is 0 Å². The summed E-state index contributed by atoms with van der Waals surface area (Å²) in [6.07, 6.45) is 4.28. The summed E-state index contributed by atoms with van der Waals surface area (Å²) in [4.78, 5) is 2.56. The lowest BCUT2D eigenvalue weighted by molar-refractivity contribution is 0.494. The molecular formula is C15H21BrN2. The largest absolute Gasteiger partial charge is 0.371 e. The minimum atomic E-state index is 0.0953. The fourth-order valence-electron chi connectivity index (χ4n) is 3.61. The predicted molar refractivity (Wildman–Crippen MR) is 79.8 cm³/mol. The Hall–Kier alpha value is -0.540. The van der Waals surface area contributed by atoms with Crippen LogP contribution in [0.1, 0.15) is 37.8 Å². The predicted octanol–water partition coefficient (Wildman–Crippen LogP) is 3.71. The molecule has 2 nitrogen and oxygen atoms in total. The van der Waals surface area contributed by atoms with Crippen LogP contribution >= 0.6 is 15.9 Å². The Kier molecular flexibility index (Phi) is 3.37. The van der Waals surface area contributed by atoms with Gasteiger partial charge in [-0.05, 0) is 55.4 Å². The number of hydrogen-bond acceptors (Lipinski definition) is 2. The molecule has 1 saturated heterocycles. The van der Waals surface area contributed by atoms with Gasteiger partial charge in [-0.3, -0.25) is 0 Å². The standard InChI is InChI=1S/C15H21BrN2/c1-10(17)14-7-13(16)5-6-15(14)18-8-11-3-2-4-12(11)9-18/h5-7,10-12H,2-4,8-9,17H2,1H3. The molecule has 1 saturated carbocycles. The maximum absolute atomic E-state index is 6.12. The van der Waals surface area contributed by atoms with Gasteiger partial charge in [0.15, 0.2) is 0 Å². The second-order valence-electron chi connectivity index (χ2n) is 5.85. The number of hydrogen-bond donors (Lipinski definition) is 1. The summed E-state index contributed by atoms with van der Waals surface area (Å²) >= 11 is 3.55. The first kappa shape index (κ1) is 12.5. The molecule has 1 heterocycles. The van der Waals surface area contributed by atoms with Crippen molar-refractivity contribution >= 4 is 21.6 Å². The van der Waals surface area contributed by atoms with Crippen LogP contribution in [-0.4, -0.2) is 13.1 Å². The lowest BCUT2D eigenvalue weighted by Crippen LogP contribution is -2.23. The van der Waals surface area contributed by atoms with Crippen molar-refractivity contribution in [2.24, 2.45) is 17.6 Å². The third-order valence-corrected chi connectivity index (χ3v) is 5.04. The number of nitrogens with two attached hydrogens (primary N) is 1. The monoisotopic (exact) mass is 308 g/mol. The lowest BCUT2D eigenvalue weighted by Gasteiger charge is -2.24. The number of halogens is 1. The van der Waals surface area contributed by atoms with Gasteiger partial charge in [-0.25, -0.2) is 0 Å². The van der Waals surface area contributed by atoms with Gasteiger partial charge in [0.05, 0.1) is 0 Å². The molecule has 0 aromatic heterocycles. The summed E-state index contributed by atoms with van der Waals surface area (Å²) < 4.78 is 1.12. The molecule has 98 valence electrons. The maximum atomic E-state index is 6.12. The normalized spacial score (nSPS) is 28.5. The summed E-state index contributed by atoms with van der Waals surface area (Å²) in [5, 5.41) is 0. The van der Waals surface area contributed by atoms with E-state index >= 15 is 0 Å². The Morgan fingerprint density at radius 2 is 1.94 bits per heavy atom. The van der Waals surface area contributed by atoms with Crippen LogP contribution in [0.5, 0.6) is 0 Å². The highest BCUT2D eigenvalue weighted by Crippen LogP contribution is 2.41. The summed E-state index contributed by atoms with van der Waals surface area (Å²) in [6, 6.07) is 6.63. The molecule has 3 unspecified atom stereocenters. The van der Waals surface area contributed by atoms with E-state index in [2.05, 4.69) is 46.0 Å². The molecule has 0 radical (unpaired) electrons. The quantitative estimate of drug-likeness (QED) is 0.902. The molecule has 0 bridgehead atoms. The van der Waals surface area contributed by atoms with Crippen molar-refractivity contribution in [1.29, 1.82) is 0 Å². The Balaban J connectivity index is 1.88.